The Morgan fingerprint density at radius 1 is 1.21 bits per heavy atom. The number of morpholine rings is 1. The molecule has 4 heterocycles. The molecule has 0 spiro atoms. The highest BCUT2D eigenvalue weighted by atomic mass is 32.1. The first-order valence-electron chi connectivity index (χ1n) is 11.1. The Morgan fingerprint density at radius 3 is 2.70 bits per heavy atom. The fraction of sp³-hybridized carbons (Fsp3) is 0.435. The summed E-state index contributed by atoms with van der Waals surface area (Å²) in [7, 11) is 0. The van der Waals surface area contributed by atoms with Crippen LogP contribution in [-0.2, 0) is 22.4 Å². The number of fused-ring (bicyclic) bond motifs is 3. The van der Waals surface area contributed by atoms with E-state index in [1.165, 1.54) is 29.5 Å². The van der Waals surface area contributed by atoms with Crippen molar-refractivity contribution in [3.05, 3.63) is 34.6 Å². The number of hydrogen-bond acceptors (Lipinski definition) is 9. The van der Waals surface area contributed by atoms with Gasteiger partial charge in [-0.25, -0.2) is 15.0 Å². The number of carbonyl (C=O) groups is 1. The third-order valence-corrected chi connectivity index (χ3v) is 6.92. The lowest BCUT2D eigenvalue weighted by atomic mass is 9.97. The van der Waals surface area contributed by atoms with Crippen molar-refractivity contribution in [1.29, 1.82) is 5.41 Å². The van der Waals surface area contributed by atoms with Crippen LogP contribution in [0.5, 0.6) is 0 Å². The zero-order chi connectivity index (χ0) is 23.4. The van der Waals surface area contributed by atoms with E-state index in [1.54, 1.807) is 34.8 Å². The minimum Gasteiger partial charge on any atom is -0.397 e. The monoisotopic (exact) mass is 467 g/mol. The summed E-state index contributed by atoms with van der Waals surface area (Å²) in [5.74, 6) is 1.41. The van der Waals surface area contributed by atoms with Crippen molar-refractivity contribution in [2.24, 2.45) is 0 Å². The van der Waals surface area contributed by atoms with Crippen LogP contribution in [-0.4, -0.2) is 57.8 Å². The summed E-state index contributed by atoms with van der Waals surface area (Å²) in [4.78, 5) is 27.7. The van der Waals surface area contributed by atoms with Crippen LogP contribution in [0.15, 0.2) is 18.6 Å². The number of carbonyl (C=O) groups excluding carboxylic acids is 1. The molecule has 33 heavy (non-hydrogen) atoms. The van der Waals surface area contributed by atoms with Crippen molar-refractivity contribution >= 4 is 51.5 Å². The van der Waals surface area contributed by atoms with E-state index in [1.807, 2.05) is 13.8 Å². The van der Waals surface area contributed by atoms with Crippen LogP contribution < -0.4 is 11.1 Å². The zero-order valence-corrected chi connectivity index (χ0v) is 19.7. The number of amides is 1. The van der Waals surface area contributed by atoms with Crippen LogP contribution in [0.3, 0.4) is 0 Å². The molecule has 1 fully saturated rings. The maximum atomic E-state index is 10.3. The Labute approximate surface area is 196 Å². The van der Waals surface area contributed by atoms with Gasteiger partial charge in [-0.05, 0) is 51.2 Å². The highest BCUT2D eigenvalue weighted by Gasteiger charge is 2.21. The molecule has 2 aliphatic rings. The lowest BCUT2D eigenvalue weighted by Gasteiger charge is -2.32. The molecule has 1 aliphatic carbocycles. The largest absolute Gasteiger partial charge is 0.397 e. The number of ether oxygens (including phenoxy) is 1. The van der Waals surface area contributed by atoms with E-state index >= 15 is 0 Å². The first-order chi connectivity index (χ1) is 16.0. The van der Waals surface area contributed by atoms with E-state index in [0.717, 1.165) is 48.4 Å². The molecule has 1 aliphatic heterocycles. The van der Waals surface area contributed by atoms with E-state index in [4.69, 9.17) is 15.9 Å². The molecule has 3 aromatic rings. The average Bonchev–Trinajstić information content (AvgIpc) is 3.19. The predicted molar refractivity (Wildman–Crippen MR) is 132 cm³/mol. The fourth-order valence-corrected chi connectivity index (χ4v) is 5.51. The van der Waals surface area contributed by atoms with Gasteiger partial charge in [-0.2, -0.15) is 0 Å². The topological polar surface area (TPSA) is 130 Å². The molecule has 3 aromatic heterocycles. The highest BCUT2D eigenvalue weighted by Crippen LogP contribution is 2.38. The summed E-state index contributed by atoms with van der Waals surface area (Å²) in [6, 6.07) is 1.76. The van der Waals surface area contributed by atoms with E-state index in [-0.39, 0.29) is 12.2 Å². The van der Waals surface area contributed by atoms with Gasteiger partial charge >= 0.3 is 0 Å². The van der Waals surface area contributed by atoms with Crippen molar-refractivity contribution in [3.63, 3.8) is 0 Å². The number of anilines is 3. The van der Waals surface area contributed by atoms with Gasteiger partial charge in [-0.1, -0.05) is 0 Å². The van der Waals surface area contributed by atoms with Gasteiger partial charge in [0.2, 0.25) is 6.41 Å². The number of pyridine rings is 1. The van der Waals surface area contributed by atoms with Crippen LogP contribution >= 0.6 is 11.3 Å². The van der Waals surface area contributed by atoms with Crippen molar-refractivity contribution in [2.45, 2.75) is 51.7 Å². The molecule has 0 unspecified atom stereocenters. The van der Waals surface area contributed by atoms with Gasteiger partial charge in [0.25, 0.3) is 0 Å². The summed E-state index contributed by atoms with van der Waals surface area (Å²) in [6.07, 6.45) is 10.3. The second-order valence-electron chi connectivity index (χ2n) is 8.40. The van der Waals surface area contributed by atoms with E-state index in [9.17, 15) is 4.79 Å². The van der Waals surface area contributed by atoms with E-state index in [2.05, 4.69) is 20.3 Å². The molecule has 1 amide bonds. The molecular weight excluding hydrogens is 438 g/mol. The molecule has 174 valence electrons. The molecule has 4 N–H and O–H groups in total. The van der Waals surface area contributed by atoms with Gasteiger partial charge in [-0.15, -0.1) is 11.3 Å². The lowest BCUT2D eigenvalue weighted by Crippen LogP contribution is -2.44. The van der Waals surface area contributed by atoms with Gasteiger partial charge in [-0.3, -0.25) is 4.79 Å². The van der Waals surface area contributed by atoms with Gasteiger partial charge < -0.3 is 26.1 Å². The molecule has 2 atom stereocenters. The second kappa shape index (κ2) is 10.2. The summed E-state index contributed by atoms with van der Waals surface area (Å²) in [5.41, 5.74) is 8.30. The Bertz CT molecular complexity index is 1140. The number of nitrogens with zero attached hydrogens (tertiary/aromatic N) is 4. The molecule has 0 bridgehead atoms. The van der Waals surface area contributed by atoms with Crippen molar-refractivity contribution in [1.82, 2.24) is 19.9 Å². The maximum Gasteiger partial charge on any atom is 0.209 e. The molecule has 9 nitrogen and oxygen atoms in total. The molecular formula is C23H29N7O2S. The number of nitrogens with one attached hydrogen (secondary N) is 2. The third-order valence-electron chi connectivity index (χ3n) is 5.72. The standard InChI is InChI=1S/C16H16N6S.C7H13NO2/c17-6-9-5-13(19-7-11(9)18)22-15-14-10-3-1-2-4-12(10)23-16(14)21-8-20-15;1-6-3-8(5-9)4-7(2)10-6/h5-8,17H,1-4,18H2,(H,19,20,21,22);5-7H,3-4H2,1-2H3/t;6-,7+. The average molecular weight is 468 g/mol. The first-order valence-corrected chi connectivity index (χ1v) is 11.9. The molecule has 0 aromatic carbocycles. The van der Waals surface area contributed by atoms with Gasteiger partial charge in [0, 0.05) is 29.7 Å². The third kappa shape index (κ3) is 5.28. The SMILES string of the molecule is C[C@@H]1CN(C=O)C[C@H](C)O1.N=Cc1cc(Nc2ncnc3sc4c(c23)CCCC4)ncc1N. The summed E-state index contributed by atoms with van der Waals surface area (Å²) in [6.45, 7) is 5.42. The summed E-state index contributed by atoms with van der Waals surface area (Å²) >= 11 is 1.77. The van der Waals surface area contributed by atoms with Crippen LogP contribution in [0.2, 0.25) is 0 Å². The van der Waals surface area contributed by atoms with E-state index in [0.29, 0.717) is 17.1 Å². The Kier molecular flexibility index (Phi) is 7.14. The smallest absolute Gasteiger partial charge is 0.209 e. The highest BCUT2D eigenvalue weighted by molar-refractivity contribution is 7.19. The van der Waals surface area contributed by atoms with Gasteiger partial charge in [0.15, 0.2) is 0 Å². The molecule has 1 saturated heterocycles. The number of thiophene rings is 1. The number of hydrogen-bond donors (Lipinski definition) is 3. The number of nitrogen functional groups attached to an aromatic ring is 1. The number of aryl methyl sites for hydroxylation is 2. The number of nitrogens with two attached hydrogens (primary N) is 1. The maximum absolute atomic E-state index is 10.3. The van der Waals surface area contributed by atoms with Crippen LogP contribution in [0, 0.1) is 5.41 Å². The van der Waals surface area contributed by atoms with Crippen molar-refractivity contribution < 1.29 is 9.53 Å². The number of aromatic nitrogens is 3. The molecule has 5 rings (SSSR count). The van der Waals surface area contributed by atoms with Crippen molar-refractivity contribution in [2.75, 3.05) is 24.1 Å². The minimum absolute atomic E-state index is 0.189. The Morgan fingerprint density at radius 2 is 1.97 bits per heavy atom. The van der Waals surface area contributed by atoms with Gasteiger partial charge in [0.05, 0.1) is 29.5 Å². The normalized spacial score (nSPS) is 19.9. The van der Waals surface area contributed by atoms with Gasteiger partial charge in [0.1, 0.15) is 22.8 Å². The van der Waals surface area contributed by atoms with Crippen LogP contribution in [0.1, 0.15) is 42.7 Å². The van der Waals surface area contributed by atoms with Crippen molar-refractivity contribution in [3.8, 4) is 0 Å². The Hall–Kier alpha value is -3.11. The molecule has 0 radical (unpaired) electrons. The predicted octanol–water partition coefficient (Wildman–Crippen LogP) is 3.54. The number of rotatable bonds is 4. The fourth-order valence-electron chi connectivity index (χ4n) is 4.28. The Balaban J connectivity index is 0.000000219. The minimum atomic E-state index is 0.189. The van der Waals surface area contributed by atoms with Crippen LogP contribution in [0.4, 0.5) is 17.3 Å². The summed E-state index contributed by atoms with van der Waals surface area (Å²) in [5, 5.41) is 11.8. The quantitative estimate of drug-likeness (QED) is 0.395. The van der Waals surface area contributed by atoms with Crippen LogP contribution in [0.25, 0.3) is 10.2 Å². The van der Waals surface area contributed by atoms with E-state index < -0.39 is 0 Å². The first kappa shape index (κ1) is 23.1. The molecule has 0 saturated carbocycles. The second-order valence-corrected chi connectivity index (χ2v) is 9.48. The zero-order valence-electron chi connectivity index (χ0n) is 18.9. The molecule has 10 heteroatoms. The summed E-state index contributed by atoms with van der Waals surface area (Å²) < 4.78 is 5.42. The lowest BCUT2D eigenvalue weighted by molar-refractivity contribution is -0.130.